The van der Waals surface area contributed by atoms with Crippen molar-refractivity contribution in [2.24, 2.45) is 0 Å². The fourth-order valence-corrected chi connectivity index (χ4v) is 3.95. The molecule has 1 aromatic carbocycles. The number of aromatic nitrogens is 3. The zero-order valence-corrected chi connectivity index (χ0v) is 21.2. The molecule has 3 aromatic rings. The van der Waals surface area contributed by atoms with Crippen LogP contribution < -0.4 is 10.1 Å². The Balaban J connectivity index is 1.60. The minimum absolute atomic E-state index is 0.209. The molecule has 1 unspecified atom stereocenters. The van der Waals surface area contributed by atoms with Gasteiger partial charge in [-0.05, 0) is 48.1 Å². The normalized spacial score (nSPS) is 17.4. The number of benzene rings is 1. The van der Waals surface area contributed by atoms with Gasteiger partial charge in [0.15, 0.2) is 5.82 Å². The Morgan fingerprint density at radius 2 is 2.14 bits per heavy atom. The molecule has 35 heavy (non-hydrogen) atoms. The molecule has 0 aliphatic heterocycles. The third kappa shape index (κ3) is 5.49. The summed E-state index contributed by atoms with van der Waals surface area (Å²) in [6, 6.07) is 8.15. The second kappa shape index (κ2) is 10.5. The molecule has 0 bridgehead atoms. The molecule has 2 heterocycles. The maximum atomic E-state index is 14.3. The van der Waals surface area contributed by atoms with Gasteiger partial charge in [-0.2, -0.15) is 4.98 Å². The minimum Gasteiger partial charge on any atom is -0.491 e. The predicted molar refractivity (Wildman–Crippen MR) is 133 cm³/mol. The SMILES string of the molecule is Cc1nc(C2(C(=O)Nc3cc(OCCN(C)C)c(Br)cn3)C=CC(c3ccccc3F)=CC2)no1. The van der Waals surface area contributed by atoms with Crippen molar-refractivity contribution in [2.45, 2.75) is 18.8 Å². The first-order valence-electron chi connectivity index (χ1n) is 11.0. The number of ether oxygens (including phenoxy) is 1. The van der Waals surface area contributed by atoms with Crippen molar-refractivity contribution < 1.29 is 18.4 Å². The van der Waals surface area contributed by atoms with E-state index < -0.39 is 11.3 Å². The van der Waals surface area contributed by atoms with Crippen LogP contribution >= 0.6 is 15.9 Å². The molecule has 182 valence electrons. The number of rotatable bonds is 8. The third-order valence-corrected chi connectivity index (χ3v) is 6.16. The Kier molecular flexibility index (Phi) is 7.42. The number of amides is 1. The Morgan fingerprint density at radius 1 is 1.34 bits per heavy atom. The highest BCUT2D eigenvalue weighted by Crippen LogP contribution is 2.37. The van der Waals surface area contributed by atoms with Gasteiger partial charge in [-0.1, -0.05) is 41.6 Å². The molecule has 10 heteroatoms. The van der Waals surface area contributed by atoms with Crippen LogP contribution in [-0.4, -0.2) is 53.2 Å². The van der Waals surface area contributed by atoms with E-state index in [0.717, 1.165) is 6.54 Å². The lowest BCUT2D eigenvalue weighted by molar-refractivity contribution is -0.120. The van der Waals surface area contributed by atoms with Crippen LogP contribution in [0.25, 0.3) is 5.57 Å². The number of nitrogens with one attached hydrogen (secondary N) is 1. The summed E-state index contributed by atoms with van der Waals surface area (Å²) in [5.41, 5.74) is -0.131. The van der Waals surface area contributed by atoms with E-state index in [2.05, 4.69) is 36.4 Å². The summed E-state index contributed by atoms with van der Waals surface area (Å²) in [7, 11) is 3.92. The molecule has 1 N–H and O–H groups in total. The Labute approximate surface area is 211 Å². The van der Waals surface area contributed by atoms with Crippen molar-refractivity contribution in [1.82, 2.24) is 20.0 Å². The van der Waals surface area contributed by atoms with Crippen LogP contribution in [-0.2, 0) is 10.2 Å². The molecule has 0 spiro atoms. The summed E-state index contributed by atoms with van der Waals surface area (Å²) in [4.78, 5) is 24.3. The zero-order chi connectivity index (χ0) is 25.0. The molecule has 0 radical (unpaired) electrons. The summed E-state index contributed by atoms with van der Waals surface area (Å²) in [5.74, 6) is 0.691. The lowest BCUT2D eigenvalue weighted by atomic mass is 9.77. The Morgan fingerprint density at radius 3 is 2.80 bits per heavy atom. The van der Waals surface area contributed by atoms with Gasteiger partial charge in [0, 0.05) is 31.3 Å². The highest BCUT2D eigenvalue weighted by atomic mass is 79.9. The number of anilines is 1. The van der Waals surface area contributed by atoms with Crippen molar-refractivity contribution in [3.8, 4) is 5.75 Å². The molecular formula is C25H25BrFN5O3. The highest BCUT2D eigenvalue weighted by molar-refractivity contribution is 9.10. The van der Waals surface area contributed by atoms with Gasteiger partial charge in [0.1, 0.15) is 29.4 Å². The minimum atomic E-state index is -1.26. The smallest absolute Gasteiger partial charge is 0.243 e. The summed E-state index contributed by atoms with van der Waals surface area (Å²) >= 11 is 3.43. The molecule has 1 amide bonds. The molecule has 1 aliphatic rings. The molecule has 1 aliphatic carbocycles. The van der Waals surface area contributed by atoms with Crippen molar-refractivity contribution in [1.29, 1.82) is 0 Å². The first-order chi connectivity index (χ1) is 16.8. The number of likely N-dealkylation sites (N-methyl/N-ethyl adjacent to an activating group) is 1. The lowest BCUT2D eigenvalue weighted by Gasteiger charge is -2.28. The molecule has 1 atom stereocenters. The molecule has 2 aromatic heterocycles. The van der Waals surface area contributed by atoms with Gasteiger partial charge >= 0.3 is 0 Å². The van der Waals surface area contributed by atoms with E-state index in [0.29, 0.717) is 39.7 Å². The topological polar surface area (TPSA) is 93.4 Å². The van der Waals surface area contributed by atoms with Crippen molar-refractivity contribution in [3.05, 3.63) is 82.3 Å². The van der Waals surface area contributed by atoms with Crippen LogP contribution in [0.3, 0.4) is 0 Å². The number of carbonyl (C=O) groups excluding carboxylic acids is 1. The van der Waals surface area contributed by atoms with Crippen LogP contribution in [0.1, 0.15) is 23.7 Å². The molecule has 0 saturated heterocycles. The molecule has 0 saturated carbocycles. The van der Waals surface area contributed by atoms with E-state index in [1.807, 2.05) is 19.0 Å². The van der Waals surface area contributed by atoms with Gasteiger partial charge in [0.2, 0.25) is 11.8 Å². The maximum absolute atomic E-state index is 14.3. The van der Waals surface area contributed by atoms with E-state index in [1.54, 1.807) is 55.6 Å². The van der Waals surface area contributed by atoms with Gasteiger partial charge in [-0.15, -0.1) is 0 Å². The van der Waals surface area contributed by atoms with E-state index >= 15 is 0 Å². The number of carbonyl (C=O) groups is 1. The van der Waals surface area contributed by atoms with E-state index in [-0.39, 0.29) is 18.1 Å². The van der Waals surface area contributed by atoms with Crippen LogP contribution in [0, 0.1) is 12.7 Å². The summed E-state index contributed by atoms with van der Waals surface area (Å²) in [6.07, 6.45) is 6.97. The zero-order valence-electron chi connectivity index (χ0n) is 19.6. The number of halogens is 2. The summed E-state index contributed by atoms with van der Waals surface area (Å²) in [6.45, 7) is 2.86. The Hall–Kier alpha value is -3.37. The Bertz CT molecular complexity index is 1290. The predicted octanol–water partition coefficient (Wildman–Crippen LogP) is 4.54. The first-order valence-corrected chi connectivity index (χ1v) is 11.8. The number of nitrogens with zero attached hydrogens (tertiary/aromatic N) is 4. The van der Waals surface area contributed by atoms with Gasteiger partial charge in [0.25, 0.3) is 0 Å². The number of hydrogen-bond donors (Lipinski definition) is 1. The van der Waals surface area contributed by atoms with Crippen LogP contribution in [0.2, 0.25) is 0 Å². The summed E-state index contributed by atoms with van der Waals surface area (Å²) < 4.78 is 26.0. The maximum Gasteiger partial charge on any atom is 0.243 e. The van der Waals surface area contributed by atoms with E-state index in [4.69, 9.17) is 9.26 Å². The van der Waals surface area contributed by atoms with Crippen LogP contribution in [0.4, 0.5) is 10.2 Å². The van der Waals surface area contributed by atoms with E-state index in [1.165, 1.54) is 6.07 Å². The van der Waals surface area contributed by atoms with Gasteiger partial charge in [0.05, 0.1) is 4.47 Å². The standard InChI is InChI=1S/C25H25BrFN5O3/c1-16-29-23(31-35-16)25(10-8-17(9-11-25)18-6-4-5-7-20(18)27)24(33)30-22-14-21(19(26)15-28-22)34-13-12-32(2)3/h4-10,14-15H,11-13H2,1-3H3,(H,28,30,33). The van der Waals surface area contributed by atoms with Gasteiger partial charge < -0.3 is 19.5 Å². The van der Waals surface area contributed by atoms with Crippen LogP contribution in [0.5, 0.6) is 5.75 Å². The number of allylic oxidation sites excluding steroid dienone is 3. The molecule has 8 nitrogen and oxygen atoms in total. The number of aryl methyl sites for hydroxylation is 1. The monoisotopic (exact) mass is 541 g/mol. The van der Waals surface area contributed by atoms with Crippen molar-refractivity contribution in [2.75, 3.05) is 32.6 Å². The van der Waals surface area contributed by atoms with E-state index in [9.17, 15) is 9.18 Å². The van der Waals surface area contributed by atoms with Crippen LogP contribution in [0.15, 0.2) is 63.8 Å². The molecular weight excluding hydrogens is 517 g/mol. The van der Waals surface area contributed by atoms with Crippen molar-refractivity contribution in [3.63, 3.8) is 0 Å². The summed E-state index contributed by atoms with van der Waals surface area (Å²) in [5, 5.41) is 6.88. The average molecular weight is 542 g/mol. The number of pyridine rings is 1. The largest absolute Gasteiger partial charge is 0.491 e. The lowest BCUT2D eigenvalue weighted by Crippen LogP contribution is -2.40. The second-order valence-electron chi connectivity index (χ2n) is 8.39. The highest BCUT2D eigenvalue weighted by Gasteiger charge is 2.43. The van der Waals surface area contributed by atoms with Gasteiger partial charge in [-0.3, -0.25) is 4.79 Å². The molecule has 0 fully saturated rings. The fourth-order valence-electron chi connectivity index (χ4n) is 3.62. The quantitative estimate of drug-likeness (QED) is 0.447. The third-order valence-electron chi connectivity index (χ3n) is 5.57. The van der Waals surface area contributed by atoms with Gasteiger partial charge in [-0.25, -0.2) is 9.37 Å². The fraction of sp³-hybridized carbons (Fsp3) is 0.280. The average Bonchev–Trinajstić information content (AvgIpc) is 3.28. The number of hydrogen-bond acceptors (Lipinski definition) is 7. The van der Waals surface area contributed by atoms with Crippen molar-refractivity contribution >= 4 is 33.2 Å². The second-order valence-corrected chi connectivity index (χ2v) is 9.25. The first kappa shape index (κ1) is 24.7. The molecule has 4 rings (SSSR count).